The van der Waals surface area contributed by atoms with E-state index in [2.05, 4.69) is 22.0 Å². The van der Waals surface area contributed by atoms with Crippen LogP contribution in [0.1, 0.15) is 18.1 Å². The molecule has 92 valence electrons. The number of rotatable bonds is 4. The topological polar surface area (TPSA) is 59.8 Å². The molecule has 2 aromatic rings. The van der Waals surface area contributed by atoms with Crippen LogP contribution in [-0.2, 0) is 11.3 Å². The summed E-state index contributed by atoms with van der Waals surface area (Å²) in [5.41, 5.74) is 2.19. The number of benzene rings is 1. The number of carbonyl (C=O) groups excluding carboxylic acids is 1. The standard InChI is InChI=1S/C13H14N4O/c1-3-11-4-6-12(7-5-11)8-17-9-14-13(16-17)15-10(2)18/h3-7,9H,1,8H2,2H3,(H,15,16,18). The first-order valence-electron chi connectivity index (χ1n) is 5.56. The van der Waals surface area contributed by atoms with E-state index < -0.39 is 0 Å². The zero-order chi connectivity index (χ0) is 13.0. The van der Waals surface area contributed by atoms with Gasteiger partial charge in [0.15, 0.2) is 0 Å². The first-order valence-corrected chi connectivity index (χ1v) is 5.56. The Kier molecular flexibility index (Phi) is 3.52. The van der Waals surface area contributed by atoms with Crippen molar-refractivity contribution in [2.24, 2.45) is 0 Å². The highest BCUT2D eigenvalue weighted by Gasteiger charge is 2.02. The van der Waals surface area contributed by atoms with E-state index >= 15 is 0 Å². The maximum absolute atomic E-state index is 10.8. The molecule has 1 N–H and O–H groups in total. The molecule has 1 amide bonds. The van der Waals surface area contributed by atoms with Gasteiger partial charge in [0.25, 0.3) is 0 Å². The van der Waals surface area contributed by atoms with E-state index in [0.29, 0.717) is 12.5 Å². The van der Waals surface area contributed by atoms with Crippen LogP contribution in [0.3, 0.4) is 0 Å². The lowest BCUT2D eigenvalue weighted by Crippen LogP contribution is -2.08. The van der Waals surface area contributed by atoms with Crippen LogP contribution < -0.4 is 5.32 Å². The average molecular weight is 242 g/mol. The Morgan fingerprint density at radius 3 is 2.78 bits per heavy atom. The highest BCUT2D eigenvalue weighted by Crippen LogP contribution is 2.07. The number of nitrogens with zero attached hydrogens (tertiary/aromatic N) is 3. The van der Waals surface area contributed by atoms with Gasteiger partial charge in [-0.2, -0.15) is 0 Å². The highest BCUT2D eigenvalue weighted by atomic mass is 16.1. The lowest BCUT2D eigenvalue weighted by molar-refractivity contribution is -0.114. The molecule has 5 nitrogen and oxygen atoms in total. The van der Waals surface area contributed by atoms with Gasteiger partial charge in [-0.15, -0.1) is 5.10 Å². The zero-order valence-electron chi connectivity index (χ0n) is 10.1. The first-order chi connectivity index (χ1) is 8.67. The van der Waals surface area contributed by atoms with Gasteiger partial charge in [0.2, 0.25) is 11.9 Å². The number of anilines is 1. The van der Waals surface area contributed by atoms with Crippen molar-refractivity contribution in [1.29, 1.82) is 0 Å². The van der Waals surface area contributed by atoms with E-state index in [1.807, 2.05) is 24.3 Å². The predicted molar refractivity (Wildman–Crippen MR) is 70.0 cm³/mol. The molecule has 0 aliphatic carbocycles. The van der Waals surface area contributed by atoms with Crippen LogP contribution in [0.25, 0.3) is 6.08 Å². The summed E-state index contributed by atoms with van der Waals surface area (Å²) in [5.74, 6) is 0.147. The number of hydrogen-bond donors (Lipinski definition) is 1. The molecule has 1 heterocycles. The van der Waals surface area contributed by atoms with Gasteiger partial charge in [-0.25, -0.2) is 9.67 Å². The molecule has 0 fully saturated rings. The summed E-state index contributed by atoms with van der Waals surface area (Å²) < 4.78 is 1.67. The fourth-order valence-corrected chi connectivity index (χ4v) is 1.53. The number of nitrogens with one attached hydrogen (secondary N) is 1. The van der Waals surface area contributed by atoms with Gasteiger partial charge < -0.3 is 0 Å². The van der Waals surface area contributed by atoms with Crippen molar-refractivity contribution in [1.82, 2.24) is 14.8 Å². The van der Waals surface area contributed by atoms with Crippen molar-refractivity contribution in [3.63, 3.8) is 0 Å². The molecule has 0 aliphatic heterocycles. The van der Waals surface area contributed by atoms with Crippen molar-refractivity contribution in [2.45, 2.75) is 13.5 Å². The van der Waals surface area contributed by atoms with E-state index in [0.717, 1.165) is 11.1 Å². The molecule has 0 radical (unpaired) electrons. The van der Waals surface area contributed by atoms with Gasteiger partial charge in [-0.05, 0) is 11.1 Å². The summed E-state index contributed by atoms with van der Waals surface area (Å²) in [7, 11) is 0. The average Bonchev–Trinajstić information content (AvgIpc) is 2.76. The van der Waals surface area contributed by atoms with Crippen LogP contribution in [0.15, 0.2) is 37.2 Å². The Balaban J connectivity index is 2.06. The molecular formula is C13H14N4O. The summed E-state index contributed by atoms with van der Waals surface area (Å²) in [6, 6.07) is 8.01. The van der Waals surface area contributed by atoms with Gasteiger partial charge in [-0.1, -0.05) is 36.9 Å². The van der Waals surface area contributed by atoms with E-state index in [1.165, 1.54) is 6.92 Å². The molecule has 18 heavy (non-hydrogen) atoms. The van der Waals surface area contributed by atoms with Crippen molar-refractivity contribution in [3.05, 3.63) is 48.3 Å². The van der Waals surface area contributed by atoms with E-state index in [1.54, 1.807) is 17.1 Å². The lowest BCUT2D eigenvalue weighted by Gasteiger charge is -2.01. The third-order valence-corrected chi connectivity index (χ3v) is 2.38. The van der Waals surface area contributed by atoms with Gasteiger partial charge in [0.1, 0.15) is 6.33 Å². The van der Waals surface area contributed by atoms with Gasteiger partial charge in [0.05, 0.1) is 6.54 Å². The Bertz CT molecular complexity index is 557. The quantitative estimate of drug-likeness (QED) is 0.891. The Morgan fingerprint density at radius 1 is 1.44 bits per heavy atom. The summed E-state index contributed by atoms with van der Waals surface area (Å²) in [5, 5.41) is 6.68. The molecule has 0 unspecified atom stereocenters. The molecule has 1 aromatic heterocycles. The van der Waals surface area contributed by atoms with Crippen LogP contribution in [0.5, 0.6) is 0 Å². The fraction of sp³-hybridized carbons (Fsp3) is 0.154. The Morgan fingerprint density at radius 2 is 2.17 bits per heavy atom. The molecule has 1 aromatic carbocycles. The molecule has 0 bridgehead atoms. The van der Waals surface area contributed by atoms with Crippen LogP contribution in [0, 0.1) is 0 Å². The van der Waals surface area contributed by atoms with Gasteiger partial charge >= 0.3 is 0 Å². The largest absolute Gasteiger partial charge is 0.293 e. The van der Waals surface area contributed by atoms with Crippen molar-refractivity contribution >= 4 is 17.9 Å². The van der Waals surface area contributed by atoms with Crippen molar-refractivity contribution in [3.8, 4) is 0 Å². The second-order valence-electron chi connectivity index (χ2n) is 3.89. The molecule has 0 saturated heterocycles. The Labute approximate surface area is 105 Å². The summed E-state index contributed by atoms with van der Waals surface area (Å²) in [6.07, 6.45) is 3.39. The molecule has 0 saturated carbocycles. The Hall–Kier alpha value is -2.43. The summed E-state index contributed by atoms with van der Waals surface area (Å²) >= 11 is 0. The van der Waals surface area contributed by atoms with Crippen LogP contribution in [0.4, 0.5) is 5.95 Å². The predicted octanol–water partition coefficient (Wildman–Crippen LogP) is 1.93. The number of hydrogen-bond acceptors (Lipinski definition) is 3. The second-order valence-corrected chi connectivity index (χ2v) is 3.89. The molecule has 0 spiro atoms. The van der Waals surface area contributed by atoms with E-state index in [-0.39, 0.29) is 5.91 Å². The van der Waals surface area contributed by atoms with Gasteiger partial charge in [0, 0.05) is 6.92 Å². The summed E-state index contributed by atoms with van der Waals surface area (Å²) in [6.45, 7) is 5.75. The maximum atomic E-state index is 10.8. The molecule has 0 aliphatic rings. The van der Waals surface area contributed by atoms with Crippen LogP contribution in [0.2, 0.25) is 0 Å². The molecule has 5 heteroatoms. The molecule has 0 atom stereocenters. The van der Waals surface area contributed by atoms with Crippen LogP contribution >= 0.6 is 0 Å². The van der Waals surface area contributed by atoms with Crippen LogP contribution in [-0.4, -0.2) is 20.7 Å². The van der Waals surface area contributed by atoms with E-state index in [4.69, 9.17) is 0 Å². The minimum atomic E-state index is -0.178. The second kappa shape index (κ2) is 5.27. The smallest absolute Gasteiger partial charge is 0.248 e. The minimum absolute atomic E-state index is 0.178. The molecular weight excluding hydrogens is 228 g/mol. The van der Waals surface area contributed by atoms with Crippen molar-refractivity contribution < 1.29 is 4.79 Å². The van der Waals surface area contributed by atoms with Gasteiger partial charge in [-0.3, -0.25) is 10.1 Å². The fourth-order valence-electron chi connectivity index (χ4n) is 1.53. The third kappa shape index (κ3) is 3.04. The number of amides is 1. The minimum Gasteiger partial charge on any atom is -0.293 e. The number of aromatic nitrogens is 3. The maximum Gasteiger partial charge on any atom is 0.248 e. The monoisotopic (exact) mass is 242 g/mol. The first kappa shape index (κ1) is 12.0. The van der Waals surface area contributed by atoms with E-state index in [9.17, 15) is 4.79 Å². The third-order valence-electron chi connectivity index (χ3n) is 2.38. The molecule has 2 rings (SSSR count). The normalized spacial score (nSPS) is 10.1. The summed E-state index contributed by atoms with van der Waals surface area (Å²) in [4.78, 5) is 14.8. The van der Waals surface area contributed by atoms with Crippen molar-refractivity contribution in [2.75, 3.05) is 5.32 Å². The SMILES string of the molecule is C=Cc1ccc(Cn2cnc(NC(C)=O)n2)cc1. The zero-order valence-corrected chi connectivity index (χ0v) is 10.1. The number of carbonyl (C=O) groups is 1. The lowest BCUT2D eigenvalue weighted by atomic mass is 10.1. The highest BCUT2D eigenvalue weighted by molar-refractivity contribution is 5.86.